The third-order valence-electron chi connectivity index (χ3n) is 4.62. The van der Waals surface area contributed by atoms with Crippen molar-refractivity contribution in [1.82, 2.24) is 15.1 Å². The van der Waals surface area contributed by atoms with Crippen molar-refractivity contribution >= 4 is 6.03 Å². The smallest absolute Gasteiger partial charge is 0.318 e. The van der Waals surface area contributed by atoms with Gasteiger partial charge in [0.15, 0.2) is 11.6 Å². The van der Waals surface area contributed by atoms with Crippen LogP contribution in [0.25, 0.3) is 0 Å². The third kappa shape index (κ3) is 3.42. The molecule has 1 N–H and O–H groups in total. The molecule has 2 aliphatic rings. The van der Waals surface area contributed by atoms with E-state index in [-0.39, 0.29) is 30.0 Å². The molecule has 1 aromatic carbocycles. The summed E-state index contributed by atoms with van der Waals surface area (Å²) in [5, 5.41) is 3.08. The lowest BCUT2D eigenvalue weighted by Crippen LogP contribution is -2.52. The fourth-order valence-corrected chi connectivity index (χ4v) is 3.53. The summed E-state index contributed by atoms with van der Waals surface area (Å²) in [6.07, 6.45) is 0.960. The summed E-state index contributed by atoms with van der Waals surface area (Å²) in [5.41, 5.74) is 0. The molecule has 2 amide bonds. The first-order valence-corrected chi connectivity index (χ1v) is 8.25. The zero-order valence-electron chi connectivity index (χ0n) is 13.7. The molecule has 2 saturated heterocycles. The predicted octanol–water partition coefficient (Wildman–Crippen LogP) is 2.08. The highest BCUT2D eigenvalue weighted by atomic mass is 19.1. The average Bonchev–Trinajstić information content (AvgIpc) is 2.84. The molecule has 3 rings (SSSR count). The number of likely N-dealkylation sites (tertiary alicyclic amines) is 1. The normalized spacial score (nSPS) is 24.7. The van der Waals surface area contributed by atoms with Crippen molar-refractivity contribution < 1.29 is 13.9 Å². The second kappa shape index (κ2) is 6.74. The first kappa shape index (κ1) is 16.1. The Kier molecular flexibility index (Phi) is 4.71. The molecule has 0 radical (unpaired) electrons. The molecule has 2 aliphatic heterocycles. The summed E-state index contributed by atoms with van der Waals surface area (Å²) >= 11 is 0. The number of rotatable bonds is 5. The van der Waals surface area contributed by atoms with Gasteiger partial charge in [-0.1, -0.05) is 12.1 Å². The number of carbonyl (C=O) groups excluding carboxylic acids is 1. The SMILES string of the molecule is CC(C)N1C(=O)N[C@@H]2CN(CCOc3ccccc3F)CC[C@@H]21. The van der Waals surface area contributed by atoms with Crippen LogP contribution in [-0.2, 0) is 0 Å². The van der Waals surface area contributed by atoms with E-state index in [9.17, 15) is 9.18 Å². The Hall–Kier alpha value is -1.82. The number of amides is 2. The van der Waals surface area contributed by atoms with E-state index in [2.05, 4.69) is 24.1 Å². The van der Waals surface area contributed by atoms with Gasteiger partial charge in [-0.15, -0.1) is 0 Å². The zero-order chi connectivity index (χ0) is 16.4. The van der Waals surface area contributed by atoms with Crippen LogP contribution in [0, 0.1) is 5.82 Å². The number of hydrogen-bond donors (Lipinski definition) is 1. The molecule has 0 bridgehead atoms. The number of urea groups is 1. The summed E-state index contributed by atoms with van der Waals surface area (Å²) in [4.78, 5) is 16.3. The molecule has 5 nitrogen and oxygen atoms in total. The van der Waals surface area contributed by atoms with Crippen molar-refractivity contribution in [2.24, 2.45) is 0 Å². The van der Waals surface area contributed by atoms with Gasteiger partial charge < -0.3 is 15.0 Å². The highest BCUT2D eigenvalue weighted by molar-refractivity contribution is 5.78. The molecule has 6 heteroatoms. The Morgan fingerprint density at radius 1 is 1.39 bits per heavy atom. The van der Waals surface area contributed by atoms with E-state index >= 15 is 0 Å². The van der Waals surface area contributed by atoms with Gasteiger partial charge >= 0.3 is 6.03 Å². The van der Waals surface area contributed by atoms with E-state index in [0.29, 0.717) is 12.4 Å². The molecule has 0 aromatic heterocycles. The Bertz CT molecular complexity index is 567. The number of ether oxygens (including phenoxy) is 1. The lowest BCUT2D eigenvalue weighted by molar-refractivity contribution is 0.114. The quantitative estimate of drug-likeness (QED) is 0.903. The number of para-hydroxylation sites is 1. The molecule has 0 saturated carbocycles. The lowest BCUT2D eigenvalue weighted by Gasteiger charge is -2.37. The minimum absolute atomic E-state index is 0.0412. The molecular weight excluding hydrogens is 297 g/mol. The molecule has 2 heterocycles. The molecular formula is C17H24FN3O2. The van der Waals surface area contributed by atoms with Gasteiger partial charge in [0.2, 0.25) is 0 Å². The van der Waals surface area contributed by atoms with Crippen LogP contribution in [0.2, 0.25) is 0 Å². The second-order valence-electron chi connectivity index (χ2n) is 6.49. The maximum atomic E-state index is 13.5. The number of hydrogen-bond acceptors (Lipinski definition) is 3. The minimum atomic E-state index is -0.332. The fraction of sp³-hybridized carbons (Fsp3) is 0.588. The number of fused-ring (bicyclic) bond motifs is 1. The van der Waals surface area contributed by atoms with E-state index in [0.717, 1.165) is 26.1 Å². The van der Waals surface area contributed by atoms with Gasteiger partial charge in [-0.2, -0.15) is 0 Å². The second-order valence-corrected chi connectivity index (χ2v) is 6.49. The van der Waals surface area contributed by atoms with Crippen molar-refractivity contribution in [3.8, 4) is 5.75 Å². The van der Waals surface area contributed by atoms with Crippen LogP contribution in [0.3, 0.4) is 0 Å². The number of benzene rings is 1. The van der Waals surface area contributed by atoms with Crippen LogP contribution in [-0.4, -0.2) is 60.2 Å². The van der Waals surface area contributed by atoms with Crippen LogP contribution in [0.1, 0.15) is 20.3 Å². The highest BCUT2D eigenvalue weighted by Gasteiger charge is 2.43. The van der Waals surface area contributed by atoms with E-state index in [1.807, 2.05) is 4.90 Å². The monoisotopic (exact) mass is 321 g/mol. The van der Waals surface area contributed by atoms with Gasteiger partial charge in [0.05, 0.1) is 12.1 Å². The zero-order valence-corrected chi connectivity index (χ0v) is 13.7. The van der Waals surface area contributed by atoms with E-state index < -0.39 is 0 Å². The van der Waals surface area contributed by atoms with Gasteiger partial charge in [-0.3, -0.25) is 4.90 Å². The summed E-state index contributed by atoms with van der Waals surface area (Å²) < 4.78 is 19.0. The van der Waals surface area contributed by atoms with Gasteiger partial charge in [-0.05, 0) is 32.4 Å². The summed E-state index contributed by atoms with van der Waals surface area (Å²) in [7, 11) is 0. The Balaban J connectivity index is 1.49. The van der Waals surface area contributed by atoms with Crippen molar-refractivity contribution in [1.29, 1.82) is 0 Å². The number of piperidine rings is 1. The minimum Gasteiger partial charge on any atom is -0.489 e. The van der Waals surface area contributed by atoms with Gasteiger partial charge in [0, 0.05) is 25.7 Å². The maximum absolute atomic E-state index is 13.5. The largest absolute Gasteiger partial charge is 0.489 e. The fourth-order valence-electron chi connectivity index (χ4n) is 3.53. The Labute approximate surface area is 136 Å². The van der Waals surface area contributed by atoms with Gasteiger partial charge in [-0.25, -0.2) is 9.18 Å². The number of nitrogens with one attached hydrogen (secondary N) is 1. The standard InChI is InChI=1S/C17H24FN3O2/c1-12(2)21-15-7-8-20(11-14(15)19-17(21)22)9-10-23-16-6-4-3-5-13(16)18/h3-6,12,14-15H,7-11H2,1-2H3,(H,19,22)/t14-,15+/m1/s1. The Morgan fingerprint density at radius 3 is 2.91 bits per heavy atom. The first-order valence-electron chi connectivity index (χ1n) is 8.25. The maximum Gasteiger partial charge on any atom is 0.318 e. The van der Waals surface area contributed by atoms with Crippen molar-refractivity contribution in [2.75, 3.05) is 26.2 Å². The molecule has 0 unspecified atom stereocenters. The number of halogens is 1. The topological polar surface area (TPSA) is 44.8 Å². The number of carbonyl (C=O) groups is 1. The summed E-state index contributed by atoms with van der Waals surface area (Å²) in [6, 6.07) is 7.17. The molecule has 0 spiro atoms. The summed E-state index contributed by atoms with van der Waals surface area (Å²) in [5.74, 6) is -0.0376. The van der Waals surface area contributed by atoms with Crippen LogP contribution in [0.15, 0.2) is 24.3 Å². The Morgan fingerprint density at radius 2 is 2.17 bits per heavy atom. The molecule has 0 aliphatic carbocycles. The van der Waals surface area contributed by atoms with E-state index in [1.54, 1.807) is 18.2 Å². The van der Waals surface area contributed by atoms with Crippen LogP contribution < -0.4 is 10.1 Å². The van der Waals surface area contributed by atoms with Crippen LogP contribution >= 0.6 is 0 Å². The van der Waals surface area contributed by atoms with Crippen LogP contribution in [0.4, 0.5) is 9.18 Å². The van der Waals surface area contributed by atoms with E-state index in [4.69, 9.17) is 4.74 Å². The third-order valence-corrected chi connectivity index (χ3v) is 4.62. The molecule has 1 aromatic rings. The van der Waals surface area contributed by atoms with Gasteiger partial charge in [0.25, 0.3) is 0 Å². The lowest BCUT2D eigenvalue weighted by atomic mass is 9.99. The average molecular weight is 321 g/mol. The van der Waals surface area contributed by atoms with Crippen LogP contribution in [0.5, 0.6) is 5.75 Å². The predicted molar refractivity (Wildman–Crippen MR) is 86.0 cm³/mol. The molecule has 23 heavy (non-hydrogen) atoms. The van der Waals surface area contributed by atoms with E-state index in [1.165, 1.54) is 6.07 Å². The van der Waals surface area contributed by atoms with Crippen molar-refractivity contribution in [2.45, 2.75) is 38.4 Å². The number of nitrogens with zero attached hydrogens (tertiary/aromatic N) is 2. The highest BCUT2D eigenvalue weighted by Crippen LogP contribution is 2.24. The van der Waals surface area contributed by atoms with Crippen molar-refractivity contribution in [3.05, 3.63) is 30.1 Å². The molecule has 126 valence electrons. The van der Waals surface area contributed by atoms with Crippen molar-refractivity contribution in [3.63, 3.8) is 0 Å². The first-order chi connectivity index (χ1) is 11.1. The molecule has 2 fully saturated rings. The van der Waals surface area contributed by atoms with Gasteiger partial charge in [0.1, 0.15) is 6.61 Å². The summed E-state index contributed by atoms with van der Waals surface area (Å²) in [6.45, 7) is 7.03. The molecule has 2 atom stereocenters.